The molecule has 12 atom stereocenters. The minimum absolute atomic E-state index is 0.0239. The minimum Gasteiger partial charge on any atom is -0.756 e. The van der Waals surface area contributed by atoms with Gasteiger partial charge < -0.3 is 88.5 Å². The highest BCUT2D eigenvalue weighted by Crippen LogP contribution is 2.71. The second-order valence-corrected chi connectivity index (χ2v) is 28.4. The largest absolute Gasteiger partial charge is 0.756 e. The van der Waals surface area contributed by atoms with E-state index >= 15 is 0 Å². The summed E-state index contributed by atoms with van der Waals surface area (Å²) in [5.41, 5.74) is 0. The van der Waals surface area contributed by atoms with Crippen LogP contribution in [0.4, 0.5) is 4.79 Å². The van der Waals surface area contributed by atoms with Crippen molar-refractivity contribution in [2.45, 2.75) is 138 Å². The molecule has 6 N–H and O–H groups in total. The van der Waals surface area contributed by atoms with Crippen LogP contribution in [0.2, 0.25) is 0 Å². The van der Waals surface area contributed by atoms with Crippen LogP contribution < -0.4 is 45.7 Å². The van der Waals surface area contributed by atoms with Crippen molar-refractivity contribution >= 4 is 90.2 Å². The molecule has 3 fully saturated rings. The fourth-order valence-electron chi connectivity index (χ4n) is 7.55. The van der Waals surface area contributed by atoms with E-state index in [9.17, 15) is 81.0 Å². The highest BCUT2D eigenvalue weighted by molar-refractivity contribution is 8.00. The van der Waals surface area contributed by atoms with Crippen LogP contribution in [0.3, 0.4) is 0 Å². The molecule has 0 aromatic rings. The van der Waals surface area contributed by atoms with Gasteiger partial charge in [0.1, 0.15) is 19.7 Å². The van der Waals surface area contributed by atoms with Crippen molar-refractivity contribution in [3.8, 4) is 0 Å². The highest BCUT2D eigenvalue weighted by Gasteiger charge is 2.43. The summed E-state index contributed by atoms with van der Waals surface area (Å²) in [5.74, 6) is 0.866. The van der Waals surface area contributed by atoms with Gasteiger partial charge in [0.2, 0.25) is 11.8 Å². The summed E-state index contributed by atoms with van der Waals surface area (Å²) >= 11 is 1.88. The lowest BCUT2D eigenvalue weighted by molar-refractivity contribution is -0.252. The van der Waals surface area contributed by atoms with Crippen molar-refractivity contribution < 1.29 is 135 Å². The Balaban J connectivity index is 1.05. The number of phosphoric ester groups is 2. The van der Waals surface area contributed by atoms with Gasteiger partial charge >= 0.3 is 13.9 Å². The molecule has 0 bridgehead atoms. The van der Waals surface area contributed by atoms with Crippen LogP contribution in [0.1, 0.15) is 103 Å². The third-order valence-corrected chi connectivity index (χ3v) is 21.7. The number of phosphoric acid groups is 6. The summed E-state index contributed by atoms with van der Waals surface area (Å²) in [5, 5.41) is 21.5. The highest BCUT2D eigenvalue weighted by atomic mass is 32.2. The van der Waals surface area contributed by atoms with Gasteiger partial charge in [-0.15, -0.1) is 0 Å². The third kappa shape index (κ3) is 34.2. The van der Waals surface area contributed by atoms with Crippen molar-refractivity contribution in [3.63, 3.8) is 0 Å². The number of hydrogen-bond acceptors (Lipinski definition) is 29. The smallest absolute Gasteiger partial charge is 0.485 e. The predicted octanol–water partition coefficient (Wildman–Crippen LogP) is 0.0742. The quantitative estimate of drug-likeness (QED) is 0.0203. The Labute approximate surface area is 468 Å². The second kappa shape index (κ2) is 37.5. The van der Waals surface area contributed by atoms with Gasteiger partial charge in [0.25, 0.3) is 39.1 Å². The van der Waals surface area contributed by atoms with E-state index in [0.29, 0.717) is 76.9 Å². The Bertz CT molecular complexity index is 2220. The van der Waals surface area contributed by atoms with Gasteiger partial charge in [-0.25, -0.2) is 30.9 Å². The van der Waals surface area contributed by atoms with Crippen LogP contribution in [-0.4, -0.2) is 162 Å². The van der Waals surface area contributed by atoms with Crippen molar-refractivity contribution in [1.82, 2.24) is 21.3 Å². The Morgan fingerprint density at radius 3 is 1.73 bits per heavy atom. The molecule has 3 aliphatic heterocycles. The SMILES string of the molecule is [B][C@H]1CC(O)[C@@H](COP(=O)([O-])OP(=O)(O)OP(=O)([O-])OP(=O)([O-])OP(=O)([O-])OP(=O)([O-])OCCCCCCNC(=O)CCOCCOCCOCCOCCNC(=O)CCCCCCC(=O)CCCC[C@@H]2SC[C@@H]3NC(=O)N[C@@H]32)O1. The van der Waals surface area contributed by atoms with Gasteiger partial charge in [-0.1, -0.05) is 32.1 Å². The first-order chi connectivity index (χ1) is 37.6. The molecule has 0 aromatic carbocycles. The number of Topliss-reactive ketones (excluding diaryl/α,β-unsaturated/α-hetero) is 1. The minimum atomic E-state index is -6.84. The molecule has 0 spiro atoms. The Kier molecular flexibility index (Phi) is 34.3. The number of aliphatic hydroxyl groups is 1. The number of urea groups is 1. The molecule has 4 amide bonds. The topological polar surface area (TPSA) is 485 Å². The molecule has 80 heavy (non-hydrogen) atoms. The molecule has 3 rings (SSSR count). The van der Waals surface area contributed by atoms with Gasteiger partial charge in [-0.3, -0.25) is 37.2 Å². The first kappa shape index (κ1) is 73.2. The van der Waals surface area contributed by atoms with Crippen molar-refractivity contribution in [3.05, 3.63) is 0 Å². The standard InChI is InChI=1S/C39H75BN4O29P6S/c40-35-27-32(46)33(68-35)28-67-75(52,53)70-77(56,57)72-79(60,61)73-78(58,59)71-76(54,55)69-74(50,51)66-18-10-4-3-9-16-41-37(48)15-19-62-21-23-64-25-26-65-24-22-63-20-17-42-36(47)14-6-2-1-5-11-30(45)12-7-8-13-34-38-31(29-80-34)43-39(49)44-38/h31-35,38,46H,1-29H2,(H,41,48)(H,42,47)(H,50,51)(H,52,53)(H,54,55)(H,56,57)(H,58,59)(H,60,61)(H2,43,44,49)/p-5/t31-,32?,33+,34-,35+,38-/m0/s1. The molecule has 3 saturated heterocycles. The van der Waals surface area contributed by atoms with E-state index in [-0.39, 0.29) is 87.8 Å². The maximum atomic E-state index is 12.3. The molecule has 464 valence electrons. The first-order valence-electron chi connectivity index (χ1n) is 25.4. The van der Waals surface area contributed by atoms with Crippen molar-refractivity contribution in [1.29, 1.82) is 0 Å². The number of fused-ring (bicyclic) bond motifs is 1. The number of carbonyl (C=O) groups excluding carboxylic acids is 4. The molecular formula is C39H70BN4O29P6S-5. The molecule has 0 saturated carbocycles. The van der Waals surface area contributed by atoms with E-state index in [1.165, 1.54) is 0 Å². The zero-order chi connectivity index (χ0) is 59.3. The number of unbranched alkanes of at least 4 members (excludes halogenated alkanes) is 7. The Hall–Kier alpha value is -1.09. The van der Waals surface area contributed by atoms with Crippen LogP contribution in [0.15, 0.2) is 0 Å². The molecule has 3 aliphatic rings. The normalized spacial score (nSPS) is 24.5. The number of thioether (sulfide) groups is 1. The molecule has 7 unspecified atom stereocenters. The van der Waals surface area contributed by atoms with Gasteiger partial charge in [0.15, 0.2) is 0 Å². The molecule has 0 aromatic heterocycles. The summed E-state index contributed by atoms with van der Waals surface area (Å²) in [6, 6.07) is -0.703. The van der Waals surface area contributed by atoms with E-state index < -0.39 is 78.4 Å². The van der Waals surface area contributed by atoms with E-state index in [1.807, 2.05) is 11.8 Å². The van der Waals surface area contributed by atoms with Gasteiger partial charge in [-0.05, 0) is 44.9 Å². The molecule has 0 aliphatic carbocycles. The summed E-state index contributed by atoms with van der Waals surface area (Å²) in [6.45, 7) is 1.14. The number of hydrogen-bond donors (Lipinski definition) is 6. The maximum Gasteiger partial charge on any atom is 0.485 e. The Morgan fingerprint density at radius 1 is 0.600 bits per heavy atom. The lowest BCUT2D eigenvalue weighted by Gasteiger charge is -2.36. The maximum absolute atomic E-state index is 12.3. The molecule has 3 heterocycles. The van der Waals surface area contributed by atoms with Crippen LogP contribution in [0.25, 0.3) is 0 Å². The van der Waals surface area contributed by atoms with Crippen molar-refractivity contribution in [2.24, 2.45) is 0 Å². The van der Waals surface area contributed by atoms with E-state index in [1.54, 1.807) is 0 Å². The number of aliphatic hydroxyl groups excluding tert-OH is 1. The van der Waals surface area contributed by atoms with Gasteiger partial charge in [0, 0.05) is 55.8 Å². The van der Waals surface area contributed by atoms with E-state index in [4.69, 9.17) is 31.5 Å². The lowest BCUT2D eigenvalue weighted by atomic mass is 9.96. The molecule has 33 nitrogen and oxygen atoms in total. The summed E-state index contributed by atoms with van der Waals surface area (Å²) in [7, 11) is -33.2. The summed E-state index contributed by atoms with van der Waals surface area (Å²) in [4.78, 5) is 117. The van der Waals surface area contributed by atoms with Gasteiger partial charge in [-0.2, -0.15) is 11.8 Å². The van der Waals surface area contributed by atoms with Crippen LogP contribution in [-0.2, 0) is 96.1 Å². The van der Waals surface area contributed by atoms with Crippen LogP contribution in [0.5, 0.6) is 0 Å². The number of rotatable bonds is 48. The number of amides is 4. The number of ether oxygens (including phenoxy) is 5. The first-order valence-corrected chi connectivity index (χ1v) is 35.3. The molecule has 2 radical (unpaired) electrons. The second-order valence-electron chi connectivity index (χ2n) is 17.9. The number of ketones is 1. The molecule has 41 heteroatoms. The predicted molar refractivity (Wildman–Crippen MR) is 269 cm³/mol. The summed E-state index contributed by atoms with van der Waals surface area (Å²) in [6.07, 6.45) is 6.09. The van der Waals surface area contributed by atoms with Crippen LogP contribution in [0, 0.1) is 0 Å². The number of nitrogens with one attached hydrogen (secondary N) is 4. The average molecular weight is 1290 g/mol. The monoisotopic (exact) mass is 1290 g/mol. The van der Waals surface area contributed by atoms with Crippen LogP contribution >= 0.6 is 58.7 Å². The fraction of sp³-hybridized carbons (Fsp3) is 0.897. The zero-order valence-electron chi connectivity index (χ0n) is 43.6. The van der Waals surface area contributed by atoms with Crippen molar-refractivity contribution in [2.75, 3.05) is 84.9 Å². The number of carbonyl (C=O) groups is 4. The van der Waals surface area contributed by atoms with Gasteiger partial charge in [0.05, 0.1) is 84.3 Å². The fourth-order valence-corrected chi connectivity index (χ4v) is 16.7. The third-order valence-electron chi connectivity index (χ3n) is 11.2. The molecular weight excluding hydrogens is 1220 g/mol. The lowest BCUT2D eigenvalue weighted by Crippen LogP contribution is -2.36. The van der Waals surface area contributed by atoms with E-state index in [2.05, 4.69) is 51.9 Å². The Morgan fingerprint density at radius 2 is 1.10 bits per heavy atom. The zero-order valence-corrected chi connectivity index (χ0v) is 49.7. The van der Waals surface area contributed by atoms with E-state index in [0.717, 1.165) is 50.7 Å². The average Bonchev–Trinajstić information content (AvgIpc) is 3.99. The summed E-state index contributed by atoms with van der Waals surface area (Å²) < 4.78 is 123.